The molecule has 0 radical (unpaired) electrons. The van der Waals surface area contributed by atoms with E-state index in [0.717, 1.165) is 6.42 Å². The summed E-state index contributed by atoms with van der Waals surface area (Å²) >= 11 is 0. The van der Waals surface area contributed by atoms with Gasteiger partial charge in [-0.2, -0.15) is 0 Å². The maximum atomic E-state index is 12.5. The number of rotatable bonds is 1. The second kappa shape index (κ2) is 3.84. The molecule has 0 aromatic heterocycles. The van der Waals surface area contributed by atoms with Crippen LogP contribution in [0.2, 0.25) is 0 Å². The lowest BCUT2D eigenvalue weighted by Crippen LogP contribution is -2.44. The lowest BCUT2D eigenvalue weighted by atomic mass is 9.83. The Hall–Kier alpha value is -0.830. The zero-order chi connectivity index (χ0) is 12.0. The molecule has 3 aliphatic rings. The first-order chi connectivity index (χ1) is 8.09. The number of fused-ring (bicyclic) bond motifs is 1. The van der Waals surface area contributed by atoms with Gasteiger partial charge in [0.25, 0.3) is 0 Å². The first kappa shape index (κ1) is 11.3. The van der Waals surface area contributed by atoms with E-state index in [1.54, 1.807) is 0 Å². The molecular formula is C14H21NO2. The van der Waals surface area contributed by atoms with E-state index < -0.39 is 5.72 Å². The molecule has 3 rings (SSSR count). The third-order valence-electron chi connectivity index (χ3n) is 4.46. The summed E-state index contributed by atoms with van der Waals surface area (Å²) in [6, 6.07) is 0.317. The van der Waals surface area contributed by atoms with Crippen molar-refractivity contribution < 1.29 is 9.53 Å². The molecule has 3 heteroatoms. The molecule has 0 saturated carbocycles. The third kappa shape index (κ3) is 1.71. The number of hydrogen-bond acceptors (Lipinski definition) is 2. The lowest BCUT2D eigenvalue weighted by molar-refractivity contribution is -0.145. The fourth-order valence-corrected chi connectivity index (χ4v) is 3.61. The molecule has 3 unspecified atom stereocenters. The van der Waals surface area contributed by atoms with E-state index in [0.29, 0.717) is 24.5 Å². The number of ether oxygens (including phenoxy) is 1. The SMILES string of the molecule is CC1(C)OCC2CC(C3C=CCCC3)C(=O)N21. The zero-order valence-corrected chi connectivity index (χ0v) is 10.7. The van der Waals surface area contributed by atoms with Crippen LogP contribution in [0.3, 0.4) is 0 Å². The predicted molar refractivity (Wildman–Crippen MR) is 65.3 cm³/mol. The first-order valence-electron chi connectivity index (χ1n) is 6.73. The van der Waals surface area contributed by atoms with Crippen molar-refractivity contribution in [2.75, 3.05) is 6.61 Å². The summed E-state index contributed by atoms with van der Waals surface area (Å²) in [4.78, 5) is 14.5. The van der Waals surface area contributed by atoms with Gasteiger partial charge in [0.05, 0.1) is 12.6 Å². The Morgan fingerprint density at radius 1 is 1.47 bits per heavy atom. The fraction of sp³-hybridized carbons (Fsp3) is 0.786. The molecule has 3 atom stereocenters. The second-order valence-electron chi connectivity index (χ2n) is 5.98. The molecule has 17 heavy (non-hydrogen) atoms. The lowest BCUT2D eigenvalue weighted by Gasteiger charge is -2.30. The van der Waals surface area contributed by atoms with Crippen molar-refractivity contribution in [1.29, 1.82) is 0 Å². The van der Waals surface area contributed by atoms with Gasteiger partial charge in [0, 0.05) is 5.92 Å². The Morgan fingerprint density at radius 3 is 2.94 bits per heavy atom. The van der Waals surface area contributed by atoms with Crippen LogP contribution >= 0.6 is 0 Å². The van der Waals surface area contributed by atoms with Crippen LogP contribution in [-0.4, -0.2) is 29.2 Å². The van der Waals surface area contributed by atoms with Gasteiger partial charge in [-0.1, -0.05) is 12.2 Å². The van der Waals surface area contributed by atoms with Crippen molar-refractivity contribution in [1.82, 2.24) is 4.90 Å². The van der Waals surface area contributed by atoms with Crippen molar-refractivity contribution in [3.63, 3.8) is 0 Å². The summed E-state index contributed by atoms with van der Waals surface area (Å²) in [5.74, 6) is 0.992. The van der Waals surface area contributed by atoms with Crippen molar-refractivity contribution in [3.8, 4) is 0 Å². The first-order valence-corrected chi connectivity index (χ1v) is 6.73. The minimum Gasteiger partial charge on any atom is -0.354 e. The Balaban J connectivity index is 1.80. The molecule has 2 heterocycles. The third-order valence-corrected chi connectivity index (χ3v) is 4.46. The predicted octanol–water partition coefficient (Wildman–Crippen LogP) is 2.33. The largest absolute Gasteiger partial charge is 0.354 e. The highest BCUT2D eigenvalue weighted by atomic mass is 16.5. The van der Waals surface area contributed by atoms with Crippen molar-refractivity contribution in [2.24, 2.45) is 11.8 Å². The smallest absolute Gasteiger partial charge is 0.228 e. The second-order valence-corrected chi connectivity index (χ2v) is 5.98. The fourth-order valence-electron chi connectivity index (χ4n) is 3.61. The van der Waals surface area contributed by atoms with Gasteiger partial charge in [0.15, 0.2) is 0 Å². The average molecular weight is 235 g/mol. The minimum atomic E-state index is -0.394. The van der Waals surface area contributed by atoms with E-state index in [1.807, 2.05) is 18.7 Å². The van der Waals surface area contributed by atoms with Crippen molar-refractivity contribution in [2.45, 2.75) is 51.3 Å². The number of nitrogens with zero attached hydrogens (tertiary/aromatic N) is 1. The van der Waals surface area contributed by atoms with Gasteiger partial charge in [-0.05, 0) is 45.4 Å². The molecule has 2 saturated heterocycles. The Bertz CT molecular complexity index is 361. The molecule has 1 aliphatic carbocycles. The normalized spacial score (nSPS) is 39.8. The summed E-state index contributed by atoms with van der Waals surface area (Å²) in [6.07, 6.45) is 9.08. The molecule has 3 nitrogen and oxygen atoms in total. The summed E-state index contributed by atoms with van der Waals surface area (Å²) < 4.78 is 5.70. The molecule has 1 amide bonds. The quantitative estimate of drug-likeness (QED) is 0.653. The molecule has 2 fully saturated rings. The summed E-state index contributed by atoms with van der Waals surface area (Å²) in [6.45, 7) is 4.72. The average Bonchev–Trinajstić information content (AvgIpc) is 2.80. The van der Waals surface area contributed by atoms with Gasteiger partial charge in [0.2, 0.25) is 5.91 Å². The number of hydrogen-bond donors (Lipinski definition) is 0. The van der Waals surface area contributed by atoms with Gasteiger partial charge in [-0.25, -0.2) is 0 Å². The molecular weight excluding hydrogens is 214 g/mol. The standard InChI is InChI=1S/C14H21NO2/c1-14(2)15-11(9-17-14)8-12(13(15)16)10-6-4-3-5-7-10/h4,6,10-12H,3,5,7-9H2,1-2H3. The molecule has 0 bridgehead atoms. The van der Waals surface area contributed by atoms with Crippen LogP contribution < -0.4 is 0 Å². The van der Waals surface area contributed by atoms with Crippen LogP contribution in [0.4, 0.5) is 0 Å². The number of carbonyl (C=O) groups is 1. The van der Waals surface area contributed by atoms with Crippen LogP contribution in [0.15, 0.2) is 12.2 Å². The summed E-state index contributed by atoms with van der Waals surface area (Å²) in [5.41, 5.74) is -0.394. The number of carbonyl (C=O) groups excluding carboxylic acids is 1. The van der Waals surface area contributed by atoms with Crippen LogP contribution in [0.25, 0.3) is 0 Å². The summed E-state index contributed by atoms with van der Waals surface area (Å²) in [5, 5.41) is 0. The van der Waals surface area contributed by atoms with Gasteiger partial charge in [-0.3, -0.25) is 4.79 Å². The van der Waals surface area contributed by atoms with E-state index >= 15 is 0 Å². The van der Waals surface area contributed by atoms with Crippen molar-refractivity contribution >= 4 is 5.91 Å². The summed E-state index contributed by atoms with van der Waals surface area (Å²) in [7, 11) is 0. The van der Waals surface area contributed by atoms with Gasteiger partial charge in [-0.15, -0.1) is 0 Å². The molecule has 0 N–H and O–H groups in total. The highest BCUT2D eigenvalue weighted by molar-refractivity contribution is 5.83. The topological polar surface area (TPSA) is 29.5 Å². The molecule has 0 aromatic carbocycles. The van der Waals surface area contributed by atoms with Crippen molar-refractivity contribution in [3.05, 3.63) is 12.2 Å². The van der Waals surface area contributed by atoms with Gasteiger partial charge in [0.1, 0.15) is 5.72 Å². The zero-order valence-electron chi connectivity index (χ0n) is 10.7. The Labute approximate surface area is 103 Å². The van der Waals surface area contributed by atoms with E-state index in [4.69, 9.17) is 4.74 Å². The molecule has 0 spiro atoms. The van der Waals surface area contributed by atoms with E-state index in [9.17, 15) is 4.79 Å². The van der Waals surface area contributed by atoms with Gasteiger partial charge < -0.3 is 9.64 Å². The van der Waals surface area contributed by atoms with E-state index in [-0.39, 0.29) is 5.92 Å². The van der Waals surface area contributed by atoms with E-state index in [2.05, 4.69) is 12.2 Å². The van der Waals surface area contributed by atoms with E-state index in [1.165, 1.54) is 19.3 Å². The molecule has 0 aromatic rings. The molecule has 94 valence electrons. The molecule has 2 aliphatic heterocycles. The highest BCUT2D eigenvalue weighted by Gasteiger charge is 2.52. The Kier molecular flexibility index (Phi) is 2.54. The monoisotopic (exact) mass is 235 g/mol. The van der Waals surface area contributed by atoms with Crippen LogP contribution in [0.1, 0.15) is 39.5 Å². The minimum absolute atomic E-state index is 0.208. The number of amides is 1. The van der Waals surface area contributed by atoms with Crippen LogP contribution in [0, 0.1) is 11.8 Å². The van der Waals surface area contributed by atoms with Crippen LogP contribution in [-0.2, 0) is 9.53 Å². The van der Waals surface area contributed by atoms with Crippen LogP contribution in [0.5, 0.6) is 0 Å². The maximum absolute atomic E-state index is 12.5. The highest BCUT2D eigenvalue weighted by Crippen LogP contribution is 2.42. The maximum Gasteiger partial charge on any atom is 0.228 e. The Morgan fingerprint density at radius 2 is 2.29 bits per heavy atom. The number of allylic oxidation sites excluding steroid dienone is 2. The van der Waals surface area contributed by atoms with Gasteiger partial charge >= 0.3 is 0 Å².